The molecule has 236 valence electrons. The smallest absolute Gasteiger partial charge is 0.328 e. The fraction of sp³-hybridized carbons (Fsp3) is 0.394. The standard InChI is InChI=1S/C33H38N6O6/c1-36-30-7-6-22(16-29(30)34-35-36)21-39-32(41)38(20-24-14-27(44-4)18-28(15-24)45-5)31(40)33(39)8-10-37(11-9-33)19-23-12-25(42-2)17-26(13-23)43-3/h6-7,12-18H,8-11,19-21H2,1-5H3. The highest BCUT2D eigenvalue weighted by atomic mass is 16.5. The summed E-state index contributed by atoms with van der Waals surface area (Å²) >= 11 is 0. The summed E-state index contributed by atoms with van der Waals surface area (Å²) in [6, 6.07) is 16.8. The first-order chi connectivity index (χ1) is 21.8. The summed E-state index contributed by atoms with van der Waals surface area (Å²) in [5.74, 6) is 2.46. The Bertz CT molecular complexity index is 1690. The zero-order valence-electron chi connectivity index (χ0n) is 26.3. The molecule has 0 bridgehead atoms. The molecular weight excluding hydrogens is 576 g/mol. The van der Waals surface area contributed by atoms with Crippen molar-refractivity contribution in [1.82, 2.24) is 29.7 Å². The van der Waals surface area contributed by atoms with E-state index in [9.17, 15) is 9.59 Å². The monoisotopic (exact) mass is 614 g/mol. The summed E-state index contributed by atoms with van der Waals surface area (Å²) in [5.41, 5.74) is 3.35. The van der Waals surface area contributed by atoms with Crippen molar-refractivity contribution in [1.29, 1.82) is 0 Å². The van der Waals surface area contributed by atoms with Gasteiger partial charge >= 0.3 is 6.03 Å². The van der Waals surface area contributed by atoms with Crippen LogP contribution in [-0.2, 0) is 31.5 Å². The molecule has 0 atom stereocenters. The van der Waals surface area contributed by atoms with E-state index in [1.807, 2.05) is 55.6 Å². The van der Waals surface area contributed by atoms with Crippen LogP contribution in [0.1, 0.15) is 29.5 Å². The highest BCUT2D eigenvalue weighted by Crippen LogP contribution is 2.40. The van der Waals surface area contributed by atoms with Gasteiger partial charge in [-0.15, -0.1) is 5.10 Å². The van der Waals surface area contributed by atoms with Crippen molar-refractivity contribution in [2.75, 3.05) is 41.5 Å². The van der Waals surface area contributed by atoms with Crippen molar-refractivity contribution in [2.24, 2.45) is 7.05 Å². The molecule has 2 aliphatic heterocycles. The van der Waals surface area contributed by atoms with Crippen molar-refractivity contribution in [3.8, 4) is 23.0 Å². The second-order valence-electron chi connectivity index (χ2n) is 11.5. The van der Waals surface area contributed by atoms with Crippen LogP contribution in [0.2, 0.25) is 0 Å². The molecular formula is C33H38N6O6. The van der Waals surface area contributed by atoms with Gasteiger partial charge in [-0.25, -0.2) is 9.48 Å². The highest BCUT2D eigenvalue weighted by Gasteiger charge is 2.57. The van der Waals surface area contributed by atoms with Gasteiger partial charge in [-0.05, 0) is 65.9 Å². The Hall–Kier alpha value is -4.84. The van der Waals surface area contributed by atoms with E-state index < -0.39 is 5.54 Å². The average Bonchev–Trinajstić information content (AvgIpc) is 3.52. The number of benzene rings is 3. The van der Waals surface area contributed by atoms with E-state index in [0.717, 1.165) is 39.2 Å². The van der Waals surface area contributed by atoms with Crippen LogP contribution in [0.3, 0.4) is 0 Å². The van der Waals surface area contributed by atoms with Crippen molar-refractivity contribution in [3.63, 3.8) is 0 Å². The Labute approximate surface area is 262 Å². The van der Waals surface area contributed by atoms with Crippen LogP contribution in [0, 0.1) is 0 Å². The number of carbonyl (C=O) groups is 2. The minimum atomic E-state index is -0.972. The normalized spacial score (nSPS) is 16.6. The number of ether oxygens (including phenoxy) is 4. The van der Waals surface area contributed by atoms with E-state index in [4.69, 9.17) is 18.9 Å². The molecule has 0 radical (unpaired) electrons. The number of hydrogen-bond acceptors (Lipinski definition) is 9. The van der Waals surface area contributed by atoms with Gasteiger partial charge in [-0.3, -0.25) is 14.6 Å². The van der Waals surface area contributed by atoms with Crippen LogP contribution >= 0.6 is 0 Å². The van der Waals surface area contributed by atoms with Gasteiger partial charge in [-0.2, -0.15) is 0 Å². The van der Waals surface area contributed by atoms with E-state index in [-0.39, 0.29) is 25.0 Å². The SMILES string of the molecule is COc1cc(CN2CCC3(CC2)C(=O)N(Cc2cc(OC)cc(OC)c2)C(=O)N3Cc2ccc3c(c2)nnn3C)cc(OC)c1. The number of carbonyl (C=O) groups excluding carboxylic acids is 2. The van der Waals surface area contributed by atoms with Crippen LogP contribution in [-0.4, -0.2) is 88.7 Å². The van der Waals surface area contributed by atoms with Crippen LogP contribution < -0.4 is 18.9 Å². The van der Waals surface area contributed by atoms with Crippen LogP contribution in [0.5, 0.6) is 23.0 Å². The van der Waals surface area contributed by atoms with Crippen molar-refractivity contribution >= 4 is 23.0 Å². The number of methoxy groups -OCH3 is 4. The molecule has 2 fully saturated rings. The molecule has 1 spiro atoms. The van der Waals surface area contributed by atoms with Gasteiger partial charge in [0, 0.05) is 45.4 Å². The second kappa shape index (κ2) is 12.3. The first-order valence-electron chi connectivity index (χ1n) is 14.8. The van der Waals surface area contributed by atoms with Gasteiger partial charge in [0.15, 0.2) is 0 Å². The quantitative estimate of drug-likeness (QED) is 0.245. The number of aromatic nitrogens is 3. The summed E-state index contributed by atoms with van der Waals surface area (Å²) in [4.78, 5) is 34.0. The van der Waals surface area contributed by atoms with Gasteiger partial charge in [0.2, 0.25) is 0 Å². The topological polar surface area (TPSA) is 111 Å². The van der Waals surface area contributed by atoms with E-state index in [2.05, 4.69) is 15.2 Å². The number of fused-ring (bicyclic) bond motifs is 1. The molecule has 45 heavy (non-hydrogen) atoms. The number of imide groups is 1. The lowest BCUT2D eigenvalue weighted by atomic mass is 9.85. The molecule has 3 heterocycles. The number of hydrogen-bond donors (Lipinski definition) is 0. The molecule has 12 nitrogen and oxygen atoms in total. The molecule has 2 saturated heterocycles. The van der Waals surface area contributed by atoms with E-state index in [1.165, 1.54) is 4.90 Å². The van der Waals surface area contributed by atoms with Gasteiger partial charge in [-0.1, -0.05) is 11.3 Å². The predicted octanol–water partition coefficient (Wildman–Crippen LogP) is 4.00. The third kappa shape index (κ3) is 5.73. The highest BCUT2D eigenvalue weighted by molar-refractivity contribution is 6.07. The summed E-state index contributed by atoms with van der Waals surface area (Å²) < 4.78 is 23.5. The van der Waals surface area contributed by atoms with Crippen molar-refractivity contribution in [2.45, 2.75) is 38.0 Å². The molecule has 3 amide bonds. The number of likely N-dealkylation sites (tertiary alicyclic amines) is 1. The lowest BCUT2D eigenvalue weighted by molar-refractivity contribution is -0.136. The fourth-order valence-electron chi connectivity index (χ4n) is 6.43. The summed E-state index contributed by atoms with van der Waals surface area (Å²) in [5, 5.41) is 8.37. The fourth-order valence-corrected chi connectivity index (χ4v) is 6.43. The summed E-state index contributed by atoms with van der Waals surface area (Å²) in [6.45, 7) is 2.34. The maximum Gasteiger partial charge on any atom is 0.328 e. The third-order valence-corrected chi connectivity index (χ3v) is 8.89. The molecule has 0 aliphatic carbocycles. The van der Waals surface area contributed by atoms with Gasteiger partial charge in [0.05, 0.1) is 40.5 Å². The zero-order chi connectivity index (χ0) is 31.7. The van der Waals surface area contributed by atoms with Crippen LogP contribution in [0.25, 0.3) is 11.0 Å². The van der Waals surface area contributed by atoms with Crippen LogP contribution in [0.15, 0.2) is 54.6 Å². The maximum atomic E-state index is 14.4. The number of rotatable bonds is 10. The third-order valence-electron chi connectivity index (χ3n) is 8.89. The minimum absolute atomic E-state index is 0.111. The number of nitrogens with zero attached hydrogens (tertiary/aromatic N) is 6. The minimum Gasteiger partial charge on any atom is -0.497 e. The maximum absolute atomic E-state index is 14.4. The molecule has 12 heteroatoms. The Morgan fingerprint density at radius 1 is 0.711 bits per heavy atom. The largest absolute Gasteiger partial charge is 0.497 e. The predicted molar refractivity (Wildman–Crippen MR) is 166 cm³/mol. The average molecular weight is 615 g/mol. The number of piperidine rings is 1. The van der Waals surface area contributed by atoms with Gasteiger partial charge < -0.3 is 23.8 Å². The molecule has 0 saturated carbocycles. The first-order valence-corrected chi connectivity index (χ1v) is 14.8. The number of amides is 3. The Balaban J connectivity index is 1.28. The molecule has 2 aliphatic rings. The Morgan fingerprint density at radius 2 is 1.27 bits per heavy atom. The van der Waals surface area contributed by atoms with Gasteiger partial charge in [0.1, 0.15) is 34.1 Å². The first kappa shape index (κ1) is 30.2. The lowest BCUT2D eigenvalue weighted by Gasteiger charge is -2.42. The lowest BCUT2D eigenvalue weighted by Crippen LogP contribution is -2.56. The molecule has 0 unspecified atom stereocenters. The number of urea groups is 1. The molecule has 0 N–H and O–H groups in total. The Kier molecular flexibility index (Phi) is 8.24. The second-order valence-corrected chi connectivity index (χ2v) is 11.5. The number of aryl methyl sites for hydroxylation is 1. The summed E-state index contributed by atoms with van der Waals surface area (Å²) in [6.07, 6.45) is 1.01. The molecule has 6 rings (SSSR count). The molecule has 3 aromatic carbocycles. The van der Waals surface area contributed by atoms with Gasteiger partial charge in [0.25, 0.3) is 5.91 Å². The van der Waals surface area contributed by atoms with E-state index >= 15 is 0 Å². The molecule has 4 aromatic rings. The van der Waals surface area contributed by atoms with E-state index in [0.29, 0.717) is 44.0 Å². The van der Waals surface area contributed by atoms with Crippen LogP contribution in [0.4, 0.5) is 4.79 Å². The summed E-state index contributed by atoms with van der Waals surface area (Å²) in [7, 11) is 8.26. The van der Waals surface area contributed by atoms with Crippen molar-refractivity contribution < 1.29 is 28.5 Å². The zero-order valence-corrected chi connectivity index (χ0v) is 26.3. The van der Waals surface area contributed by atoms with Crippen molar-refractivity contribution in [3.05, 3.63) is 71.3 Å². The van der Waals surface area contributed by atoms with E-state index in [1.54, 1.807) is 44.1 Å². The Morgan fingerprint density at radius 3 is 1.82 bits per heavy atom. The molecule has 1 aromatic heterocycles.